The molecule has 6 nitrogen and oxygen atoms in total. The Hall–Kier alpha value is -2.51. The number of rotatable bonds is 6. The van der Waals surface area contributed by atoms with Crippen LogP contribution in [0, 0.1) is 0 Å². The number of anilines is 2. The molecular weight excluding hydrogens is 368 g/mol. The summed E-state index contributed by atoms with van der Waals surface area (Å²) in [7, 11) is 0. The maximum Gasteiger partial charge on any atom is 0.222 e. The molecule has 3 aromatic rings. The minimum atomic E-state index is -0.0583. The summed E-state index contributed by atoms with van der Waals surface area (Å²) in [6.45, 7) is 5.74. The van der Waals surface area contributed by atoms with E-state index in [1.54, 1.807) is 0 Å². The standard InChI is InChI=1S/C21H26N6S/c1-2-23-20-24-12-16(13-25-20)14-27-10-8-21(9-11-27,17-6-4-3-5-7-17)18-15-28-19(22)26-18/h3-7,12-13,15H,2,8-11,14H2,1H3,(H2,22,26)(H,23,24,25). The number of nitrogens with two attached hydrogens (primary N) is 1. The average Bonchev–Trinajstić information content (AvgIpc) is 3.18. The van der Waals surface area contributed by atoms with Crippen LogP contribution in [0.4, 0.5) is 11.1 Å². The van der Waals surface area contributed by atoms with Gasteiger partial charge < -0.3 is 11.1 Å². The van der Waals surface area contributed by atoms with Crippen LogP contribution >= 0.6 is 11.3 Å². The van der Waals surface area contributed by atoms with Gasteiger partial charge in [-0.2, -0.15) is 0 Å². The van der Waals surface area contributed by atoms with Crippen LogP contribution in [0.25, 0.3) is 0 Å². The van der Waals surface area contributed by atoms with Gasteiger partial charge in [-0.15, -0.1) is 11.3 Å². The Morgan fingerprint density at radius 2 is 1.86 bits per heavy atom. The van der Waals surface area contributed by atoms with Crippen molar-refractivity contribution in [2.24, 2.45) is 0 Å². The van der Waals surface area contributed by atoms with Gasteiger partial charge in [0.25, 0.3) is 0 Å². The fraction of sp³-hybridized carbons (Fsp3) is 0.381. The molecular formula is C21H26N6S. The number of hydrogen-bond acceptors (Lipinski definition) is 7. The van der Waals surface area contributed by atoms with Crippen LogP contribution in [0.3, 0.4) is 0 Å². The minimum Gasteiger partial charge on any atom is -0.375 e. The van der Waals surface area contributed by atoms with Gasteiger partial charge in [-0.05, 0) is 38.4 Å². The summed E-state index contributed by atoms with van der Waals surface area (Å²) in [6, 6.07) is 10.7. The highest BCUT2D eigenvalue weighted by Gasteiger charge is 2.39. The number of nitrogen functional groups attached to an aromatic ring is 1. The lowest BCUT2D eigenvalue weighted by Crippen LogP contribution is -2.43. The third-order valence-electron chi connectivity index (χ3n) is 5.49. The molecule has 1 fully saturated rings. The molecule has 3 N–H and O–H groups in total. The lowest BCUT2D eigenvalue weighted by Gasteiger charge is -2.41. The van der Waals surface area contributed by atoms with E-state index in [1.165, 1.54) is 16.9 Å². The van der Waals surface area contributed by atoms with Crippen molar-refractivity contribution < 1.29 is 0 Å². The van der Waals surface area contributed by atoms with Gasteiger partial charge >= 0.3 is 0 Å². The maximum absolute atomic E-state index is 5.96. The molecule has 4 rings (SSSR count). The van der Waals surface area contributed by atoms with E-state index in [-0.39, 0.29) is 5.41 Å². The van der Waals surface area contributed by atoms with Gasteiger partial charge in [0.2, 0.25) is 5.95 Å². The fourth-order valence-electron chi connectivity index (χ4n) is 3.99. The van der Waals surface area contributed by atoms with E-state index in [0.717, 1.165) is 50.3 Å². The Kier molecular flexibility index (Phi) is 5.54. The molecule has 1 aromatic carbocycles. The Bertz CT molecular complexity index is 885. The van der Waals surface area contributed by atoms with Crippen molar-refractivity contribution in [2.75, 3.05) is 30.7 Å². The van der Waals surface area contributed by atoms with Gasteiger partial charge in [0.1, 0.15) is 0 Å². The Morgan fingerprint density at radius 3 is 2.46 bits per heavy atom. The summed E-state index contributed by atoms with van der Waals surface area (Å²) in [5.41, 5.74) is 9.49. The third kappa shape index (κ3) is 3.86. The van der Waals surface area contributed by atoms with Gasteiger partial charge in [0.05, 0.1) is 5.69 Å². The second-order valence-electron chi connectivity index (χ2n) is 7.24. The van der Waals surface area contributed by atoms with Gasteiger partial charge in [0, 0.05) is 41.8 Å². The molecule has 1 aliphatic heterocycles. The molecule has 7 heteroatoms. The van der Waals surface area contributed by atoms with Crippen molar-refractivity contribution >= 4 is 22.4 Å². The lowest BCUT2D eigenvalue weighted by atomic mass is 9.70. The molecule has 0 bridgehead atoms. The van der Waals surface area contributed by atoms with Crippen molar-refractivity contribution in [2.45, 2.75) is 31.7 Å². The van der Waals surface area contributed by atoms with Crippen molar-refractivity contribution in [3.8, 4) is 0 Å². The van der Waals surface area contributed by atoms with Gasteiger partial charge in [-0.25, -0.2) is 15.0 Å². The first kappa shape index (κ1) is 18.8. The monoisotopic (exact) mass is 394 g/mol. The van der Waals surface area contributed by atoms with Crippen LogP contribution in [0.15, 0.2) is 48.1 Å². The number of thiazole rings is 1. The molecule has 0 atom stereocenters. The largest absolute Gasteiger partial charge is 0.375 e. The van der Waals surface area contributed by atoms with E-state index in [2.05, 4.69) is 60.9 Å². The minimum absolute atomic E-state index is 0.0583. The average molecular weight is 395 g/mol. The molecule has 0 amide bonds. The first-order valence-corrected chi connectivity index (χ1v) is 10.6. The highest BCUT2D eigenvalue weighted by atomic mass is 32.1. The number of piperidine rings is 1. The highest BCUT2D eigenvalue weighted by Crippen LogP contribution is 2.42. The summed E-state index contributed by atoms with van der Waals surface area (Å²) < 4.78 is 0. The molecule has 0 radical (unpaired) electrons. The van der Waals surface area contributed by atoms with Crippen LogP contribution in [-0.4, -0.2) is 39.5 Å². The Labute approximate surface area is 169 Å². The number of nitrogens with zero attached hydrogens (tertiary/aromatic N) is 4. The van der Waals surface area contributed by atoms with Crippen molar-refractivity contribution in [1.82, 2.24) is 19.9 Å². The summed E-state index contributed by atoms with van der Waals surface area (Å²) >= 11 is 1.53. The fourth-order valence-corrected chi connectivity index (χ4v) is 4.66. The SMILES string of the molecule is CCNc1ncc(CN2CCC(c3ccccc3)(c3csc(N)n3)CC2)cn1. The summed E-state index contributed by atoms with van der Waals surface area (Å²) in [4.78, 5) is 15.9. The lowest BCUT2D eigenvalue weighted by molar-refractivity contribution is 0.170. The van der Waals surface area contributed by atoms with E-state index in [1.807, 2.05) is 19.3 Å². The molecule has 1 aliphatic rings. The first-order valence-electron chi connectivity index (χ1n) is 9.74. The molecule has 3 heterocycles. The number of nitrogens with one attached hydrogen (secondary N) is 1. The van der Waals surface area contributed by atoms with Crippen molar-refractivity contribution in [1.29, 1.82) is 0 Å². The molecule has 0 aliphatic carbocycles. The molecule has 1 saturated heterocycles. The van der Waals surface area contributed by atoms with Gasteiger partial charge in [-0.1, -0.05) is 30.3 Å². The zero-order chi connectivity index (χ0) is 19.4. The van der Waals surface area contributed by atoms with Crippen molar-refractivity contribution in [3.05, 3.63) is 64.9 Å². The Balaban J connectivity index is 1.49. The zero-order valence-electron chi connectivity index (χ0n) is 16.1. The topological polar surface area (TPSA) is 80.0 Å². The summed E-state index contributed by atoms with van der Waals surface area (Å²) in [5.74, 6) is 0.689. The van der Waals surface area contributed by atoms with Crippen LogP contribution < -0.4 is 11.1 Å². The van der Waals surface area contributed by atoms with Crippen molar-refractivity contribution in [3.63, 3.8) is 0 Å². The summed E-state index contributed by atoms with van der Waals surface area (Å²) in [5, 5.41) is 5.91. The smallest absolute Gasteiger partial charge is 0.222 e. The van der Waals surface area contributed by atoms with E-state index in [4.69, 9.17) is 5.73 Å². The van der Waals surface area contributed by atoms with Gasteiger partial charge in [-0.3, -0.25) is 4.90 Å². The zero-order valence-corrected chi connectivity index (χ0v) is 17.0. The number of hydrogen-bond donors (Lipinski definition) is 2. The van der Waals surface area contributed by atoms with E-state index in [9.17, 15) is 0 Å². The second-order valence-corrected chi connectivity index (χ2v) is 8.13. The quantitative estimate of drug-likeness (QED) is 0.666. The van der Waals surface area contributed by atoms with E-state index in [0.29, 0.717) is 11.1 Å². The Morgan fingerprint density at radius 1 is 1.14 bits per heavy atom. The maximum atomic E-state index is 5.96. The molecule has 0 saturated carbocycles. The molecule has 0 unspecified atom stereocenters. The normalized spacial score (nSPS) is 16.8. The number of aromatic nitrogens is 3. The van der Waals surface area contributed by atoms with Gasteiger partial charge in [0.15, 0.2) is 5.13 Å². The van der Waals surface area contributed by atoms with E-state index < -0.39 is 0 Å². The third-order valence-corrected chi connectivity index (χ3v) is 6.17. The summed E-state index contributed by atoms with van der Waals surface area (Å²) in [6.07, 6.45) is 5.89. The predicted molar refractivity (Wildman–Crippen MR) is 114 cm³/mol. The highest BCUT2D eigenvalue weighted by molar-refractivity contribution is 7.13. The molecule has 0 spiro atoms. The predicted octanol–water partition coefficient (Wildman–Crippen LogP) is 3.53. The second kappa shape index (κ2) is 8.24. The molecule has 2 aromatic heterocycles. The number of benzene rings is 1. The van der Waals surface area contributed by atoms with Crippen LogP contribution in [0.5, 0.6) is 0 Å². The van der Waals surface area contributed by atoms with E-state index >= 15 is 0 Å². The molecule has 146 valence electrons. The van der Waals surface area contributed by atoms with Crippen LogP contribution in [0.1, 0.15) is 36.6 Å². The first-order chi connectivity index (χ1) is 13.7. The van der Waals surface area contributed by atoms with Crippen LogP contribution in [0.2, 0.25) is 0 Å². The molecule has 28 heavy (non-hydrogen) atoms. The number of likely N-dealkylation sites (tertiary alicyclic amines) is 1. The van der Waals surface area contributed by atoms with Crippen LogP contribution in [-0.2, 0) is 12.0 Å².